The van der Waals surface area contributed by atoms with Crippen LogP contribution < -0.4 is 5.43 Å². The van der Waals surface area contributed by atoms with Crippen LogP contribution in [0, 0.1) is 20.8 Å². The molecular formula is C17H21N3O2. The van der Waals surface area contributed by atoms with Crippen molar-refractivity contribution in [3.63, 3.8) is 0 Å². The summed E-state index contributed by atoms with van der Waals surface area (Å²) in [6, 6.07) is 10.4. The quantitative estimate of drug-likeness (QED) is 0.694. The van der Waals surface area contributed by atoms with E-state index in [-0.39, 0.29) is 0 Å². The fourth-order valence-electron chi connectivity index (χ4n) is 2.33. The minimum absolute atomic E-state index is 0.323. The van der Waals surface area contributed by atoms with Crippen molar-refractivity contribution in [2.75, 3.05) is 6.61 Å². The van der Waals surface area contributed by atoms with Gasteiger partial charge in [-0.25, -0.2) is 10.2 Å². The third-order valence-corrected chi connectivity index (χ3v) is 3.40. The Kier molecular flexibility index (Phi) is 4.99. The Labute approximate surface area is 130 Å². The van der Waals surface area contributed by atoms with E-state index in [0.29, 0.717) is 6.61 Å². The largest absolute Gasteiger partial charge is 0.449 e. The van der Waals surface area contributed by atoms with Crippen LogP contribution in [-0.4, -0.2) is 23.5 Å². The Hall–Kier alpha value is -2.56. The molecule has 0 atom stereocenters. The molecule has 1 heterocycles. The predicted octanol–water partition coefficient (Wildman–Crippen LogP) is 3.48. The molecule has 1 aromatic heterocycles. The topological polar surface area (TPSA) is 55.6 Å². The number of hydrogen-bond donors (Lipinski definition) is 1. The summed E-state index contributed by atoms with van der Waals surface area (Å²) in [7, 11) is 0. The fraction of sp³-hybridized carbons (Fsp3) is 0.294. The molecule has 0 aliphatic carbocycles. The first kappa shape index (κ1) is 15.8. The number of ether oxygens (including phenoxy) is 1. The van der Waals surface area contributed by atoms with Gasteiger partial charge in [-0.1, -0.05) is 17.7 Å². The highest BCUT2D eigenvalue weighted by Crippen LogP contribution is 2.20. The summed E-state index contributed by atoms with van der Waals surface area (Å²) in [5.74, 6) is 0. The number of carbonyl (C=O) groups excluding carboxylic acids is 1. The van der Waals surface area contributed by atoms with Crippen LogP contribution in [0.1, 0.15) is 29.4 Å². The summed E-state index contributed by atoms with van der Waals surface area (Å²) in [6.45, 7) is 8.21. The van der Waals surface area contributed by atoms with Crippen LogP contribution in [0.2, 0.25) is 0 Å². The van der Waals surface area contributed by atoms with E-state index < -0.39 is 6.09 Å². The van der Waals surface area contributed by atoms with Gasteiger partial charge in [0.05, 0.1) is 12.8 Å². The number of benzene rings is 1. The van der Waals surface area contributed by atoms with E-state index in [4.69, 9.17) is 4.74 Å². The molecule has 0 radical (unpaired) electrons. The van der Waals surface area contributed by atoms with Gasteiger partial charge in [-0.2, -0.15) is 5.10 Å². The van der Waals surface area contributed by atoms with Crippen LogP contribution >= 0.6 is 0 Å². The van der Waals surface area contributed by atoms with Crippen LogP contribution in [-0.2, 0) is 4.74 Å². The molecule has 0 fully saturated rings. The molecule has 0 saturated heterocycles. The van der Waals surface area contributed by atoms with Crippen LogP contribution in [0.3, 0.4) is 0 Å². The van der Waals surface area contributed by atoms with Gasteiger partial charge in [0.2, 0.25) is 0 Å². The molecule has 1 N–H and O–H groups in total. The molecule has 2 rings (SSSR count). The number of aromatic nitrogens is 1. The molecule has 5 heteroatoms. The second-order valence-electron chi connectivity index (χ2n) is 5.09. The minimum atomic E-state index is -0.550. The van der Waals surface area contributed by atoms with Crippen molar-refractivity contribution in [3.8, 4) is 5.69 Å². The first-order valence-corrected chi connectivity index (χ1v) is 7.24. The number of carbonyl (C=O) groups is 1. The lowest BCUT2D eigenvalue weighted by molar-refractivity contribution is 0.152. The summed E-state index contributed by atoms with van der Waals surface area (Å²) in [5.41, 5.74) is 7.80. The first-order valence-electron chi connectivity index (χ1n) is 7.24. The maximum absolute atomic E-state index is 11.2. The Morgan fingerprint density at radius 2 is 1.95 bits per heavy atom. The van der Waals surface area contributed by atoms with Crippen LogP contribution in [0.15, 0.2) is 35.4 Å². The number of rotatable bonds is 4. The second-order valence-corrected chi connectivity index (χ2v) is 5.09. The van der Waals surface area contributed by atoms with Gasteiger partial charge in [0, 0.05) is 22.6 Å². The van der Waals surface area contributed by atoms with E-state index in [1.54, 1.807) is 13.1 Å². The highest BCUT2D eigenvalue weighted by molar-refractivity contribution is 5.83. The lowest BCUT2D eigenvalue weighted by Gasteiger charge is -2.09. The van der Waals surface area contributed by atoms with Crippen LogP contribution in [0.25, 0.3) is 5.69 Å². The number of amides is 1. The maximum atomic E-state index is 11.2. The Balaban J connectivity index is 2.22. The van der Waals surface area contributed by atoms with Crippen LogP contribution in [0.4, 0.5) is 4.79 Å². The molecule has 116 valence electrons. The fourth-order valence-corrected chi connectivity index (χ4v) is 2.33. The molecule has 1 aromatic carbocycles. The molecule has 22 heavy (non-hydrogen) atoms. The summed E-state index contributed by atoms with van der Waals surface area (Å²) >= 11 is 0. The van der Waals surface area contributed by atoms with Gasteiger partial charge in [-0.3, -0.25) is 0 Å². The molecule has 1 amide bonds. The number of hydrogen-bond acceptors (Lipinski definition) is 3. The van der Waals surface area contributed by atoms with Gasteiger partial charge >= 0.3 is 6.09 Å². The van der Waals surface area contributed by atoms with Crippen molar-refractivity contribution in [1.29, 1.82) is 0 Å². The van der Waals surface area contributed by atoms with Crippen molar-refractivity contribution >= 4 is 12.3 Å². The average molecular weight is 299 g/mol. The molecule has 0 bridgehead atoms. The van der Waals surface area contributed by atoms with Gasteiger partial charge in [0.25, 0.3) is 0 Å². The lowest BCUT2D eigenvalue weighted by Crippen LogP contribution is -2.18. The number of nitrogens with zero attached hydrogens (tertiary/aromatic N) is 2. The monoisotopic (exact) mass is 299 g/mol. The number of aryl methyl sites for hydroxylation is 2. The zero-order chi connectivity index (χ0) is 16.1. The average Bonchev–Trinajstić information content (AvgIpc) is 2.75. The molecular weight excluding hydrogens is 278 g/mol. The zero-order valence-electron chi connectivity index (χ0n) is 13.4. The van der Waals surface area contributed by atoms with E-state index >= 15 is 0 Å². The van der Waals surface area contributed by atoms with E-state index in [1.807, 2.05) is 19.9 Å². The molecule has 0 spiro atoms. The third kappa shape index (κ3) is 3.55. The molecule has 0 saturated carbocycles. The van der Waals surface area contributed by atoms with Gasteiger partial charge in [0.15, 0.2) is 0 Å². The molecule has 2 aromatic rings. The smallest absolute Gasteiger partial charge is 0.427 e. The third-order valence-electron chi connectivity index (χ3n) is 3.40. The predicted molar refractivity (Wildman–Crippen MR) is 87.7 cm³/mol. The van der Waals surface area contributed by atoms with Crippen molar-refractivity contribution in [2.45, 2.75) is 27.7 Å². The lowest BCUT2D eigenvalue weighted by atomic mass is 10.2. The van der Waals surface area contributed by atoms with Crippen molar-refractivity contribution in [2.24, 2.45) is 5.10 Å². The van der Waals surface area contributed by atoms with Gasteiger partial charge in [0.1, 0.15) is 0 Å². The summed E-state index contributed by atoms with van der Waals surface area (Å²) in [4.78, 5) is 11.2. The molecule has 0 aliphatic heterocycles. The SMILES string of the molecule is CCOC(=O)N/N=C/c1cc(C)n(-c2ccc(C)cc2)c1C. The van der Waals surface area contributed by atoms with E-state index in [0.717, 1.165) is 22.6 Å². The van der Waals surface area contributed by atoms with Crippen molar-refractivity contribution < 1.29 is 9.53 Å². The highest BCUT2D eigenvalue weighted by Gasteiger charge is 2.09. The maximum Gasteiger partial charge on any atom is 0.427 e. The Morgan fingerprint density at radius 1 is 1.27 bits per heavy atom. The van der Waals surface area contributed by atoms with Gasteiger partial charge in [-0.05, 0) is 45.9 Å². The van der Waals surface area contributed by atoms with Crippen molar-refractivity contribution in [3.05, 3.63) is 52.8 Å². The highest BCUT2D eigenvalue weighted by atomic mass is 16.5. The van der Waals surface area contributed by atoms with E-state index in [9.17, 15) is 4.79 Å². The Bertz CT molecular complexity index is 685. The second kappa shape index (κ2) is 6.93. The standard InChI is InChI=1S/C17H21N3O2/c1-5-22-17(21)19-18-11-15-10-13(3)20(14(15)4)16-8-6-12(2)7-9-16/h6-11H,5H2,1-4H3,(H,19,21)/b18-11+. The summed E-state index contributed by atoms with van der Waals surface area (Å²) in [5, 5.41) is 3.92. The summed E-state index contributed by atoms with van der Waals surface area (Å²) < 4.78 is 6.91. The summed E-state index contributed by atoms with van der Waals surface area (Å²) in [6.07, 6.45) is 1.08. The van der Waals surface area contributed by atoms with Crippen LogP contribution in [0.5, 0.6) is 0 Å². The Morgan fingerprint density at radius 3 is 2.59 bits per heavy atom. The molecule has 5 nitrogen and oxygen atoms in total. The first-order chi connectivity index (χ1) is 10.5. The zero-order valence-corrected chi connectivity index (χ0v) is 13.4. The van der Waals surface area contributed by atoms with Gasteiger partial charge in [-0.15, -0.1) is 0 Å². The molecule has 0 aliphatic rings. The minimum Gasteiger partial charge on any atom is -0.449 e. The number of nitrogens with one attached hydrogen (secondary N) is 1. The van der Waals surface area contributed by atoms with Crippen molar-refractivity contribution in [1.82, 2.24) is 9.99 Å². The van der Waals surface area contributed by atoms with E-state index in [1.165, 1.54) is 5.56 Å². The van der Waals surface area contributed by atoms with Gasteiger partial charge < -0.3 is 9.30 Å². The normalized spacial score (nSPS) is 10.9. The number of hydrazone groups is 1. The molecule has 0 unspecified atom stereocenters. The van der Waals surface area contributed by atoms with E-state index in [2.05, 4.69) is 46.3 Å².